The summed E-state index contributed by atoms with van der Waals surface area (Å²) in [4.78, 5) is 36.8. The maximum atomic E-state index is 12.8. The first-order valence-electron chi connectivity index (χ1n) is 12.0. The highest BCUT2D eigenvalue weighted by molar-refractivity contribution is 5.86. The van der Waals surface area contributed by atoms with Crippen LogP contribution in [0.3, 0.4) is 0 Å². The number of ether oxygens (including phenoxy) is 1. The SMILES string of the molecule is CC(C)C[C@H](NC(=O)OCCCC1CCCCC1)C(=O)N[C@H](CO)C[C@@H]1CCNC1=O. The van der Waals surface area contributed by atoms with E-state index in [-0.39, 0.29) is 30.3 Å². The molecule has 0 spiro atoms. The van der Waals surface area contributed by atoms with Crippen molar-refractivity contribution in [2.75, 3.05) is 19.8 Å². The summed E-state index contributed by atoms with van der Waals surface area (Å²) in [5.41, 5.74) is 0. The maximum Gasteiger partial charge on any atom is 0.407 e. The van der Waals surface area contributed by atoms with Gasteiger partial charge in [-0.05, 0) is 43.9 Å². The molecule has 2 aliphatic rings. The highest BCUT2D eigenvalue weighted by atomic mass is 16.5. The van der Waals surface area contributed by atoms with E-state index >= 15 is 0 Å². The third-order valence-electron chi connectivity index (χ3n) is 6.33. The van der Waals surface area contributed by atoms with Crippen LogP contribution in [0.5, 0.6) is 0 Å². The topological polar surface area (TPSA) is 117 Å². The molecule has 8 nitrogen and oxygen atoms in total. The lowest BCUT2D eigenvalue weighted by Crippen LogP contribution is -2.51. The molecule has 4 N–H and O–H groups in total. The second-order valence-electron chi connectivity index (χ2n) is 9.51. The van der Waals surface area contributed by atoms with Crippen LogP contribution in [0.4, 0.5) is 4.79 Å². The second-order valence-corrected chi connectivity index (χ2v) is 9.51. The lowest BCUT2D eigenvalue weighted by molar-refractivity contribution is -0.126. The minimum Gasteiger partial charge on any atom is -0.450 e. The zero-order valence-electron chi connectivity index (χ0n) is 19.2. The largest absolute Gasteiger partial charge is 0.450 e. The fourth-order valence-corrected chi connectivity index (χ4v) is 4.59. The molecule has 0 aromatic heterocycles. The van der Waals surface area contributed by atoms with E-state index in [2.05, 4.69) is 16.0 Å². The van der Waals surface area contributed by atoms with Crippen LogP contribution in [-0.4, -0.2) is 54.9 Å². The first kappa shape index (κ1) is 25.4. The molecule has 1 saturated carbocycles. The standard InChI is InChI=1S/C23H41N3O5/c1-16(2)13-20(22(29)25-19(15-27)14-18-10-11-24-21(18)28)26-23(30)31-12-6-9-17-7-4-3-5-8-17/h16-20,27H,3-15H2,1-2H3,(H,24,28)(H,25,29)(H,26,30)/t18-,19-,20-/m0/s1. The number of nitrogens with one attached hydrogen (secondary N) is 3. The van der Waals surface area contributed by atoms with Crippen molar-refractivity contribution in [3.63, 3.8) is 0 Å². The van der Waals surface area contributed by atoms with E-state index in [0.29, 0.717) is 32.4 Å². The van der Waals surface area contributed by atoms with Crippen molar-refractivity contribution in [2.45, 2.75) is 90.1 Å². The van der Waals surface area contributed by atoms with Crippen molar-refractivity contribution in [3.05, 3.63) is 0 Å². The molecule has 3 amide bonds. The molecule has 0 radical (unpaired) electrons. The third-order valence-corrected chi connectivity index (χ3v) is 6.33. The van der Waals surface area contributed by atoms with Crippen LogP contribution >= 0.6 is 0 Å². The summed E-state index contributed by atoms with van der Waals surface area (Å²) in [6.07, 6.45) is 9.38. The molecule has 2 rings (SSSR count). The Hall–Kier alpha value is -1.83. The number of aliphatic hydroxyl groups excluding tert-OH is 1. The third kappa shape index (κ3) is 9.46. The average molecular weight is 440 g/mol. The van der Waals surface area contributed by atoms with Crippen molar-refractivity contribution in [3.8, 4) is 0 Å². The molecule has 0 bridgehead atoms. The summed E-state index contributed by atoms with van der Waals surface area (Å²) < 4.78 is 5.32. The van der Waals surface area contributed by atoms with Gasteiger partial charge in [0, 0.05) is 12.5 Å². The van der Waals surface area contributed by atoms with Gasteiger partial charge in [-0.3, -0.25) is 9.59 Å². The van der Waals surface area contributed by atoms with Crippen LogP contribution in [-0.2, 0) is 14.3 Å². The van der Waals surface area contributed by atoms with E-state index in [9.17, 15) is 19.5 Å². The minimum absolute atomic E-state index is 0.0404. The van der Waals surface area contributed by atoms with Crippen LogP contribution in [0.15, 0.2) is 0 Å². The molecular weight excluding hydrogens is 398 g/mol. The number of amides is 3. The Kier molecular flexibility index (Phi) is 11.1. The average Bonchev–Trinajstić information content (AvgIpc) is 3.15. The van der Waals surface area contributed by atoms with E-state index in [1.165, 1.54) is 32.1 Å². The molecule has 31 heavy (non-hydrogen) atoms. The molecule has 1 aliphatic heterocycles. The van der Waals surface area contributed by atoms with Gasteiger partial charge in [0.2, 0.25) is 11.8 Å². The number of alkyl carbamates (subject to hydrolysis) is 1. The number of rotatable bonds is 12. The van der Waals surface area contributed by atoms with Crippen molar-refractivity contribution in [1.29, 1.82) is 0 Å². The molecule has 178 valence electrons. The van der Waals surface area contributed by atoms with E-state index in [4.69, 9.17) is 4.74 Å². The highest BCUT2D eigenvalue weighted by Gasteiger charge is 2.30. The Bertz CT molecular complexity index is 578. The lowest BCUT2D eigenvalue weighted by Gasteiger charge is -2.24. The molecule has 2 fully saturated rings. The minimum atomic E-state index is -0.739. The number of carbonyl (C=O) groups is 3. The van der Waals surface area contributed by atoms with Crippen LogP contribution in [0.2, 0.25) is 0 Å². The lowest BCUT2D eigenvalue weighted by atomic mass is 9.86. The van der Waals surface area contributed by atoms with Gasteiger partial charge in [-0.15, -0.1) is 0 Å². The van der Waals surface area contributed by atoms with E-state index in [1.807, 2.05) is 13.8 Å². The van der Waals surface area contributed by atoms with Gasteiger partial charge < -0.3 is 25.8 Å². The van der Waals surface area contributed by atoms with Crippen molar-refractivity contribution < 1.29 is 24.2 Å². The number of hydrogen-bond donors (Lipinski definition) is 4. The van der Waals surface area contributed by atoms with Gasteiger partial charge in [0.1, 0.15) is 6.04 Å². The maximum absolute atomic E-state index is 12.8. The molecule has 0 aromatic rings. The Balaban J connectivity index is 1.76. The monoisotopic (exact) mass is 439 g/mol. The van der Waals surface area contributed by atoms with Crippen molar-refractivity contribution in [2.24, 2.45) is 17.8 Å². The van der Waals surface area contributed by atoms with E-state index in [0.717, 1.165) is 18.8 Å². The van der Waals surface area contributed by atoms with E-state index < -0.39 is 18.2 Å². The molecule has 0 unspecified atom stereocenters. The molecule has 0 aromatic carbocycles. The summed E-state index contributed by atoms with van der Waals surface area (Å²) in [5.74, 6) is 0.336. The predicted molar refractivity (Wildman–Crippen MR) is 118 cm³/mol. The van der Waals surface area contributed by atoms with Crippen LogP contribution in [0, 0.1) is 17.8 Å². The van der Waals surface area contributed by atoms with Crippen LogP contribution in [0.1, 0.15) is 78.1 Å². The molecule has 3 atom stereocenters. The van der Waals surface area contributed by atoms with Gasteiger partial charge in [-0.2, -0.15) is 0 Å². The fourth-order valence-electron chi connectivity index (χ4n) is 4.59. The van der Waals surface area contributed by atoms with Gasteiger partial charge in [0.15, 0.2) is 0 Å². The van der Waals surface area contributed by atoms with E-state index in [1.54, 1.807) is 0 Å². The van der Waals surface area contributed by atoms with Crippen LogP contribution < -0.4 is 16.0 Å². The first-order valence-corrected chi connectivity index (χ1v) is 12.0. The zero-order valence-corrected chi connectivity index (χ0v) is 19.2. The van der Waals surface area contributed by atoms with Crippen molar-refractivity contribution >= 4 is 17.9 Å². The van der Waals surface area contributed by atoms with Gasteiger partial charge in [-0.1, -0.05) is 46.0 Å². The number of aliphatic hydroxyl groups is 1. The fraction of sp³-hybridized carbons (Fsp3) is 0.870. The Morgan fingerprint density at radius 1 is 1.16 bits per heavy atom. The molecular formula is C23H41N3O5. The number of hydrogen-bond acceptors (Lipinski definition) is 5. The Morgan fingerprint density at radius 3 is 2.52 bits per heavy atom. The molecule has 1 heterocycles. The summed E-state index contributed by atoms with van der Waals surface area (Å²) in [6, 6.07) is -1.26. The van der Waals surface area contributed by atoms with Crippen LogP contribution in [0.25, 0.3) is 0 Å². The molecule has 8 heteroatoms. The zero-order chi connectivity index (χ0) is 22.6. The predicted octanol–water partition coefficient (Wildman–Crippen LogP) is 2.49. The Labute approximate surface area is 186 Å². The molecule has 1 aliphatic carbocycles. The van der Waals surface area contributed by atoms with Gasteiger partial charge >= 0.3 is 6.09 Å². The number of carbonyl (C=O) groups excluding carboxylic acids is 3. The highest BCUT2D eigenvalue weighted by Crippen LogP contribution is 2.27. The summed E-state index contributed by atoms with van der Waals surface area (Å²) in [6.45, 7) is 4.68. The summed E-state index contributed by atoms with van der Waals surface area (Å²) in [5, 5.41) is 17.9. The van der Waals surface area contributed by atoms with Gasteiger partial charge in [-0.25, -0.2) is 4.79 Å². The first-order chi connectivity index (χ1) is 14.9. The van der Waals surface area contributed by atoms with Gasteiger partial charge in [0.25, 0.3) is 0 Å². The van der Waals surface area contributed by atoms with Crippen molar-refractivity contribution in [1.82, 2.24) is 16.0 Å². The smallest absolute Gasteiger partial charge is 0.407 e. The molecule has 1 saturated heterocycles. The summed E-state index contributed by atoms with van der Waals surface area (Å²) in [7, 11) is 0. The Morgan fingerprint density at radius 2 is 1.90 bits per heavy atom. The van der Waals surface area contributed by atoms with Gasteiger partial charge in [0.05, 0.1) is 19.3 Å². The summed E-state index contributed by atoms with van der Waals surface area (Å²) >= 11 is 0. The second kappa shape index (κ2) is 13.6. The normalized spacial score (nSPS) is 21.4. The quantitative estimate of drug-likeness (QED) is 0.349.